The normalized spacial score (nSPS) is 14.5. The van der Waals surface area contributed by atoms with E-state index in [1.807, 2.05) is 0 Å². The van der Waals surface area contributed by atoms with Crippen molar-refractivity contribution in [3.63, 3.8) is 0 Å². The summed E-state index contributed by atoms with van der Waals surface area (Å²) >= 11 is 0. The van der Waals surface area contributed by atoms with E-state index in [0.717, 1.165) is 62.5 Å². The highest BCUT2D eigenvalue weighted by molar-refractivity contribution is 14.0. The molecule has 8 heteroatoms. The fraction of sp³-hybridized carbons (Fsp3) is 0.789. The maximum absolute atomic E-state index is 5.45. The van der Waals surface area contributed by atoms with Gasteiger partial charge in [0.1, 0.15) is 0 Å². The Balaban J connectivity index is 0.00000364. The Kier molecular flexibility index (Phi) is 11.9. The summed E-state index contributed by atoms with van der Waals surface area (Å²) in [5, 5.41) is 10.9. The molecule has 0 radical (unpaired) electrons. The minimum atomic E-state index is 0. The van der Waals surface area contributed by atoms with Crippen molar-refractivity contribution < 1.29 is 9.26 Å². The van der Waals surface area contributed by atoms with Gasteiger partial charge in [-0.05, 0) is 25.7 Å². The fourth-order valence-electron chi connectivity index (χ4n) is 3.15. The SMILES string of the molecule is CCC(CC)c1cc(CNC(=NC)NCCN(CCOC)C2CC2)on1.I. The predicted molar refractivity (Wildman–Crippen MR) is 120 cm³/mol. The number of aliphatic imine (C=N–C) groups is 1. The van der Waals surface area contributed by atoms with Gasteiger partial charge in [-0.15, -0.1) is 24.0 Å². The zero-order chi connectivity index (χ0) is 18.8. The van der Waals surface area contributed by atoms with Crippen LogP contribution in [0.25, 0.3) is 0 Å². The van der Waals surface area contributed by atoms with Crippen LogP contribution in [0.1, 0.15) is 56.9 Å². The summed E-state index contributed by atoms with van der Waals surface area (Å²) in [6.07, 6.45) is 4.78. The maximum atomic E-state index is 5.45. The topological polar surface area (TPSA) is 74.9 Å². The quantitative estimate of drug-likeness (QED) is 0.265. The van der Waals surface area contributed by atoms with Crippen molar-refractivity contribution in [1.29, 1.82) is 0 Å². The highest BCUT2D eigenvalue weighted by Gasteiger charge is 2.28. The Labute approximate surface area is 180 Å². The molecule has 0 bridgehead atoms. The first-order chi connectivity index (χ1) is 12.7. The molecule has 2 rings (SSSR count). The lowest BCUT2D eigenvalue weighted by atomic mass is 9.99. The molecule has 1 aromatic rings. The van der Waals surface area contributed by atoms with Crippen molar-refractivity contribution in [2.45, 2.75) is 58.0 Å². The molecular weight excluding hydrogens is 457 g/mol. The number of hydrogen-bond acceptors (Lipinski definition) is 5. The summed E-state index contributed by atoms with van der Waals surface area (Å²) in [5.74, 6) is 2.10. The lowest BCUT2D eigenvalue weighted by Gasteiger charge is -2.22. The van der Waals surface area contributed by atoms with E-state index in [2.05, 4.69) is 45.6 Å². The first-order valence-electron chi connectivity index (χ1n) is 9.84. The van der Waals surface area contributed by atoms with Crippen LogP contribution < -0.4 is 10.6 Å². The number of hydrogen-bond donors (Lipinski definition) is 2. The number of aromatic nitrogens is 1. The summed E-state index contributed by atoms with van der Waals surface area (Å²) in [6.45, 7) is 8.59. The van der Waals surface area contributed by atoms with Crippen LogP contribution in [-0.4, -0.2) is 62.5 Å². The van der Waals surface area contributed by atoms with Gasteiger partial charge in [-0.25, -0.2) is 0 Å². The third kappa shape index (κ3) is 8.35. The Hall–Kier alpha value is -0.870. The van der Waals surface area contributed by atoms with E-state index in [1.165, 1.54) is 12.8 Å². The van der Waals surface area contributed by atoms with E-state index in [-0.39, 0.29) is 24.0 Å². The van der Waals surface area contributed by atoms with E-state index in [9.17, 15) is 0 Å². The van der Waals surface area contributed by atoms with Gasteiger partial charge in [0.2, 0.25) is 0 Å². The van der Waals surface area contributed by atoms with Gasteiger partial charge < -0.3 is 19.9 Å². The summed E-state index contributed by atoms with van der Waals surface area (Å²) in [7, 11) is 3.54. The summed E-state index contributed by atoms with van der Waals surface area (Å²) in [5.41, 5.74) is 1.05. The Morgan fingerprint density at radius 3 is 2.67 bits per heavy atom. The third-order valence-electron chi connectivity index (χ3n) is 4.97. The van der Waals surface area contributed by atoms with Gasteiger partial charge in [0.05, 0.1) is 18.8 Å². The second kappa shape index (κ2) is 13.3. The zero-order valence-corrected chi connectivity index (χ0v) is 19.5. The number of nitrogens with zero attached hydrogens (tertiary/aromatic N) is 3. The maximum Gasteiger partial charge on any atom is 0.191 e. The van der Waals surface area contributed by atoms with Crippen molar-refractivity contribution in [3.05, 3.63) is 17.5 Å². The standard InChI is InChI=1S/C19H35N5O2.HI/c1-5-15(6-2)18-13-17(26-23-18)14-22-19(20-3)21-9-10-24(11-12-25-4)16-7-8-16;/h13,15-16H,5-12,14H2,1-4H3,(H2,20,21,22);1H. The van der Waals surface area contributed by atoms with Gasteiger partial charge in [-0.2, -0.15) is 0 Å². The molecular formula is C19H36IN5O2. The van der Waals surface area contributed by atoms with E-state index in [4.69, 9.17) is 9.26 Å². The van der Waals surface area contributed by atoms with Crippen LogP contribution in [0.2, 0.25) is 0 Å². The highest BCUT2D eigenvalue weighted by atomic mass is 127. The fourth-order valence-corrected chi connectivity index (χ4v) is 3.15. The highest BCUT2D eigenvalue weighted by Crippen LogP contribution is 2.26. The minimum Gasteiger partial charge on any atom is -0.383 e. The van der Waals surface area contributed by atoms with Crippen molar-refractivity contribution in [1.82, 2.24) is 20.7 Å². The first-order valence-corrected chi connectivity index (χ1v) is 9.84. The molecule has 0 aliphatic heterocycles. The van der Waals surface area contributed by atoms with Gasteiger partial charge in [-0.1, -0.05) is 19.0 Å². The molecule has 1 saturated carbocycles. The number of rotatable bonds is 12. The Morgan fingerprint density at radius 2 is 2.07 bits per heavy atom. The average Bonchev–Trinajstić information content (AvgIpc) is 3.40. The molecule has 0 saturated heterocycles. The van der Waals surface area contributed by atoms with Crippen LogP contribution in [0.4, 0.5) is 0 Å². The molecule has 1 aromatic heterocycles. The van der Waals surface area contributed by atoms with Crippen molar-refractivity contribution >= 4 is 29.9 Å². The summed E-state index contributed by atoms with van der Waals surface area (Å²) < 4.78 is 10.7. The van der Waals surface area contributed by atoms with Crippen molar-refractivity contribution in [2.24, 2.45) is 4.99 Å². The van der Waals surface area contributed by atoms with E-state index in [0.29, 0.717) is 12.5 Å². The lowest BCUT2D eigenvalue weighted by molar-refractivity contribution is 0.144. The Morgan fingerprint density at radius 1 is 1.33 bits per heavy atom. The van der Waals surface area contributed by atoms with Crippen LogP contribution in [0.5, 0.6) is 0 Å². The molecule has 1 aliphatic carbocycles. The van der Waals surface area contributed by atoms with Crippen LogP contribution in [-0.2, 0) is 11.3 Å². The molecule has 27 heavy (non-hydrogen) atoms. The van der Waals surface area contributed by atoms with Crippen molar-refractivity contribution in [2.75, 3.05) is 40.4 Å². The van der Waals surface area contributed by atoms with E-state index < -0.39 is 0 Å². The molecule has 7 nitrogen and oxygen atoms in total. The molecule has 0 atom stereocenters. The van der Waals surface area contributed by atoms with E-state index >= 15 is 0 Å². The molecule has 1 aliphatic rings. The molecule has 156 valence electrons. The summed E-state index contributed by atoms with van der Waals surface area (Å²) in [4.78, 5) is 6.77. The lowest BCUT2D eigenvalue weighted by Crippen LogP contribution is -2.42. The van der Waals surface area contributed by atoms with E-state index in [1.54, 1.807) is 14.2 Å². The Bertz CT molecular complexity index is 544. The van der Waals surface area contributed by atoms with Gasteiger partial charge in [0.25, 0.3) is 0 Å². The van der Waals surface area contributed by atoms with Crippen LogP contribution in [0.3, 0.4) is 0 Å². The molecule has 1 heterocycles. The number of ether oxygens (including phenoxy) is 1. The van der Waals surface area contributed by atoms with Crippen molar-refractivity contribution in [3.8, 4) is 0 Å². The number of guanidine groups is 1. The number of nitrogens with one attached hydrogen (secondary N) is 2. The third-order valence-corrected chi connectivity index (χ3v) is 4.97. The molecule has 1 fully saturated rings. The van der Waals surface area contributed by atoms with Crippen LogP contribution in [0, 0.1) is 0 Å². The van der Waals surface area contributed by atoms with Gasteiger partial charge in [-0.3, -0.25) is 9.89 Å². The molecule has 0 spiro atoms. The minimum absolute atomic E-state index is 0. The largest absolute Gasteiger partial charge is 0.383 e. The molecule has 0 aromatic carbocycles. The zero-order valence-electron chi connectivity index (χ0n) is 17.2. The molecule has 0 amide bonds. The molecule has 2 N–H and O–H groups in total. The first kappa shape index (κ1) is 24.2. The van der Waals surface area contributed by atoms with Gasteiger partial charge in [0, 0.05) is 51.8 Å². The average molecular weight is 493 g/mol. The molecule has 0 unspecified atom stereocenters. The van der Waals surface area contributed by atoms with Gasteiger partial charge in [0.15, 0.2) is 11.7 Å². The summed E-state index contributed by atoms with van der Waals surface area (Å²) in [6, 6.07) is 2.79. The van der Waals surface area contributed by atoms with Gasteiger partial charge >= 0.3 is 0 Å². The monoisotopic (exact) mass is 493 g/mol. The second-order valence-electron chi connectivity index (χ2n) is 6.84. The number of methoxy groups -OCH3 is 1. The van der Waals surface area contributed by atoms with Crippen LogP contribution in [0.15, 0.2) is 15.6 Å². The van der Waals surface area contributed by atoms with Crippen LogP contribution >= 0.6 is 24.0 Å². The number of halogens is 1. The predicted octanol–water partition coefficient (Wildman–Crippen LogP) is 2.97. The smallest absolute Gasteiger partial charge is 0.191 e. The second-order valence-corrected chi connectivity index (χ2v) is 6.84.